The van der Waals surface area contributed by atoms with Gasteiger partial charge >= 0.3 is 5.97 Å². The van der Waals surface area contributed by atoms with E-state index in [1.165, 1.54) is 7.11 Å². The fraction of sp³-hybridized carbons (Fsp3) is 0.476. The highest BCUT2D eigenvalue weighted by Crippen LogP contribution is 2.29. The third-order valence-corrected chi connectivity index (χ3v) is 4.20. The molecule has 2 atom stereocenters. The van der Waals surface area contributed by atoms with Crippen molar-refractivity contribution in [3.8, 4) is 0 Å². The Kier molecular flexibility index (Phi) is 7.26. The van der Waals surface area contributed by atoms with Crippen molar-refractivity contribution in [2.75, 3.05) is 12.4 Å². The van der Waals surface area contributed by atoms with Crippen LogP contribution in [0.25, 0.3) is 6.08 Å². The summed E-state index contributed by atoms with van der Waals surface area (Å²) < 4.78 is 10.3. The molecule has 28 heavy (non-hydrogen) atoms. The van der Waals surface area contributed by atoms with E-state index in [4.69, 9.17) is 4.74 Å². The molecule has 0 aromatic heterocycles. The number of nitrogens with one attached hydrogen (secondary N) is 1. The molecule has 0 saturated carbocycles. The average molecular weight is 386 g/mol. The van der Waals surface area contributed by atoms with Gasteiger partial charge in [0.25, 0.3) is 0 Å². The number of hydrogen-bond acceptors (Lipinski definition) is 6. The lowest BCUT2D eigenvalue weighted by Crippen LogP contribution is -2.31. The standard InChI is InChI=1S/C21H26N2O5/c1-21(2,3)28-18(22-13-24)7-5-6-14-8-9-15-11-16(12-19(25)27-4)20(26)23-17(15)10-14/h5-6,8-10,16,18H,7,11-12H2,1-4H3,(H,23,26). The van der Waals surface area contributed by atoms with E-state index in [2.05, 4.69) is 15.0 Å². The Labute approximate surface area is 164 Å². The number of anilines is 1. The monoisotopic (exact) mass is 386 g/mol. The zero-order valence-corrected chi connectivity index (χ0v) is 16.7. The third kappa shape index (κ3) is 6.44. The number of isocyanates is 1. The van der Waals surface area contributed by atoms with Crippen LogP contribution in [0.5, 0.6) is 0 Å². The van der Waals surface area contributed by atoms with Crippen LogP contribution in [0.2, 0.25) is 0 Å². The van der Waals surface area contributed by atoms with E-state index in [-0.39, 0.29) is 12.3 Å². The van der Waals surface area contributed by atoms with Gasteiger partial charge in [0.1, 0.15) is 0 Å². The smallest absolute Gasteiger partial charge is 0.306 e. The molecule has 7 nitrogen and oxygen atoms in total. The van der Waals surface area contributed by atoms with Gasteiger partial charge in [0.05, 0.1) is 25.0 Å². The van der Waals surface area contributed by atoms with Crippen LogP contribution in [0, 0.1) is 5.92 Å². The SMILES string of the molecule is COC(=O)CC1Cc2ccc(C=CCC(N=C=O)OC(C)(C)C)cc2NC1=O. The second kappa shape index (κ2) is 9.44. The largest absolute Gasteiger partial charge is 0.469 e. The molecule has 1 aromatic carbocycles. The van der Waals surface area contributed by atoms with Gasteiger partial charge < -0.3 is 14.8 Å². The van der Waals surface area contributed by atoms with Gasteiger partial charge in [-0.3, -0.25) is 9.59 Å². The first-order valence-corrected chi connectivity index (χ1v) is 9.14. The highest BCUT2D eigenvalue weighted by Gasteiger charge is 2.28. The molecule has 1 aromatic rings. The second-order valence-corrected chi connectivity index (χ2v) is 7.63. The van der Waals surface area contributed by atoms with Crippen LogP contribution in [-0.2, 0) is 30.3 Å². The zero-order chi connectivity index (χ0) is 20.7. The van der Waals surface area contributed by atoms with Crippen LogP contribution in [-0.4, -0.2) is 36.9 Å². The van der Waals surface area contributed by atoms with E-state index in [0.29, 0.717) is 12.8 Å². The highest BCUT2D eigenvalue weighted by atomic mass is 16.5. The lowest BCUT2D eigenvalue weighted by atomic mass is 9.90. The van der Waals surface area contributed by atoms with Crippen molar-refractivity contribution in [3.63, 3.8) is 0 Å². The molecule has 0 aliphatic carbocycles. The minimum absolute atomic E-state index is 0.0653. The fourth-order valence-corrected chi connectivity index (χ4v) is 2.95. The van der Waals surface area contributed by atoms with Gasteiger partial charge in [0.15, 0.2) is 6.23 Å². The molecule has 2 rings (SSSR count). The zero-order valence-electron chi connectivity index (χ0n) is 16.7. The summed E-state index contributed by atoms with van der Waals surface area (Å²) in [7, 11) is 1.31. The lowest BCUT2D eigenvalue weighted by molar-refractivity contribution is -0.143. The van der Waals surface area contributed by atoms with Crippen molar-refractivity contribution in [3.05, 3.63) is 35.4 Å². The number of aliphatic imine (C=N–C) groups is 1. The molecule has 0 fully saturated rings. The van der Waals surface area contributed by atoms with Gasteiger partial charge in [-0.25, -0.2) is 4.79 Å². The topological polar surface area (TPSA) is 94.1 Å². The van der Waals surface area contributed by atoms with Crippen LogP contribution in [0.3, 0.4) is 0 Å². The van der Waals surface area contributed by atoms with Gasteiger partial charge in [-0.15, -0.1) is 0 Å². The van der Waals surface area contributed by atoms with Gasteiger partial charge in [-0.05, 0) is 44.4 Å². The first-order chi connectivity index (χ1) is 13.2. The lowest BCUT2D eigenvalue weighted by Gasteiger charge is -2.24. The summed E-state index contributed by atoms with van der Waals surface area (Å²) in [6.07, 6.45) is 5.68. The Morgan fingerprint density at radius 1 is 1.43 bits per heavy atom. The molecule has 0 saturated heterocycles. The average Bonchev–Trinajstić information content (AvgIpc) is 2.61. The molecule has 0 radical (unpaired) electrons. The van der Waals surface area contributed by atoms with Gasteiger partial charge in [0.2, 0.25) is 12.0 Å². The van der Waals surface area contributed by atoms with E-state index in [0.717, 1.165) is 16.8 Å². The first kappa shape index (κ1) is 21.5. The maximum Gasteiger partial charge on any atom is 0.306 e. The maximum atomic E-state index is 12.2. The fourth-order valence-electron chi connectivity index (χ4n) is 2.95. The van der Waals surface area contributed by atoms with Crippen molar-refractivity contribution < 1.29 is 23.9 Å². The second-order valence-electron chi connectivity index (χ2n) is 7.63. The van der Waals surface area contributed by atoms with E-state index in [1.54, 1.807) is 6.08 Å². The summed E-state index contributed by atoms with van der Waals surface area (Å²) in [5.74, 6) is -0.996. The number of benzene rings is 1. The summed E-state index contributed by atoms with van der Waals surface area (Å²) in [4.78, 5) is 37.9. The van der Waals surface area contributed by atoms with Crippen molar-refractivity contribution in [2.24, 2.45) is 10.9 Å². The number of methoxy groups -OCH3 is 1. The minimum Gasteiger partial charge on any atom is -0.469 e. The Morgan fingerprint density at radius 3 is 2.82 bits per heavy atom. The van der Waals surface area contributed by atoms with E-state index >= 15 is 0 Å². The van der Waals surface area contributed by atoms with Crippen LogP contribution in [0.1, 0.15) is 44.7 Å². The molecular formula is C21H26N2O5. The molecule has 1 heterocycles. The summed E-state index contributed by atoms with van der Waals surface area (Å²) in [6, 6.07) is 5.75. The molecular weight excluding hydrogens is 360 g/mol. The molecule has 0 bridgehead atoms. The maximum absolute atomic E-state index is 12.2. The normalized spacial score (nSPS) is 17.4. The van der Waals surface area contributed by atoms with E-state index in [1.807, 2.05) is 51.1 Å². The number of ether oxygens (including phenoxy) is 2. The number of rotatable bonds is 7. The number of carbonyl (C=O) groups is 2. The van der Waals surface area contributed by atoms with Crippen LogP contribution < -0.4 is 5.32 Å². The molecule has 1 aliphatic heterocycles. The Morgan fingerprint density at radius 2 is 2.18 bits per heavy atom. The van der Waals surface area contributed by atoms with E-state index in [9.17, 15) is 14.4 Å². The number of nitrogens with zero attached hydrogens (tertiary/aromatic N) is 1. The number of esters is 1. The van der Waals surface area contributed by atoms with Gasteiger partial charge in [-0.2, -0.15) is 4.99 Å². The van der Waals surface area contributed by atoms with Crippen LogP contribution in [0.15, 0.2) is 29.3 Å². The molecule has 1 aliphatic rings. The molecule has 7 heteroatoms. The summed E-state index contributed by atoms with van der Waals surface area (Å²) in [5.41, 5.74) is 2.19. The van der Waals surface area contributed by atoms with Crippen molar-refractivity contribution in [2.45, 2.75) is 51.9 Å². The number of fused-ring (bicyclic) bond motifs is 1. The quantitative estimate of drug-likeness (QED) is 0.441. The molecule has 150 valence electrons. The molecule has 1 amide bonds. The first-order valence-electron chi connectivity index (χ1n) is 9.14. The Bertz CT molecular complexity index is 804. The summed E-state index contributed by atoms with van der Waals surface area (Å²) in [6.45, 7) is 5.68. The predicted octanol–water partition coefficient (Wildman–Crippen LogP) is 3.24. The predicted molar refractivity (Wildman–Crippen MR) is 105 cm³/mol. The van der Waals surface area contributed by atoms with Crippen LogP contribution in [0.4, 0.5) is 5.69 Å². The van der Waals surface area contributed by atoms with Gasteiger partial charge in [-0.1, -0.05) is 24.3 Å². The van der Waals surface area contributed by atoms with Crippen LogP contribution >= 0.6 is 0 Å². The molecule has 0 spiro atoms. The highest BCUT2D eigenvalue weighted by molar-refractivity contribution is 5.97. The number of amides is 1. The van der Waals surface area contributed by atoms with Crippen molar-refractivity contribution in [1.82, 2.24) is 0 Å². The van der Waals surface area contributed by atoms with Gasteiger partial charge in [0, 0.05) is 12.1 Å². The van der Waals surface area contributed by atoms with E-state index < -0.39 is 23.7 Å². The summed E-state index contributed by atoms with van der Waals surface area (Å²) >= 11 is 0. The minimum atomic E-state index is -0.592. The Balaban J connectivity index is 2.05. The molecule has 1 N–H and O–H groups in total. The number of carbonyl (C=O) groups excluding carboxylic acids is 3. The van der Waals surface area contributed by atoms with Crippen molar-refractivity contribution >= 4 is 29.7 Å². The third-order valence-electron chi connectivity index (χ3n) is 4.20. The summed E-state index contributed by atoms with van der Waals surface area (Å²) in [5, 5.41) is 2.86. The van der Waals surface area contributed by atoms with Crippen molar-refractivity contribution in [1.29, 1.82) is 0 Å². The molecule has 2 unspecified atom stereocenters. The number of hydrogen-bond donors (Lipinski definition) is 1. The Hall–Kier alpha value is -2.76.